The number of amides is 1. The Balaban J connectivity index is 2.14. The van der Waals surface area contributed by atoms with Gasteiger partial charge in [-0.2, -0.15) is 0 Å². The number of nitrogens with one attached hydrogen (secondary N) is 1. The first kappa shape index (κ1) is 12.0. The van der Waals surface area contributed by atoms with Gasteiger partial charge in [0.25, 0.3) is 5.91 Å². The quantitative estimate of drug-likeness (QED) is 0.787. The summed E-state index contributed by atoms with van der Waals surface area (Å²) in [6.45, 7) is 4.06. The van der Waals surface area contributed by atoms with Gasteiger partial charge in [-0.05, 0) is 56.4 Å². The Bertz CT molecular complexity index is 430. The first-order valence-electron chi connectivity index (χ1n) is 6.25. The van der Waals surface area contributed by atoms with Crippen molar-refractivity contribution in [1.29, 1.82) is 0 Å². The smallest absolute Gasteiger partial charge is 0.251 e. The van der Waals surface area contributed by atoms with Crippen molar-refractivity contribution < 1.29 is 4.79 Å². The second kappa shape index (κ2) is 4.40. The van der Waals surface area contributed by atoms with E-state index in [-0.39, 0.29) is 11.4 Å². The maximum Gasteiger partial charge on any atom is 0.251 e. The number of carbonyl (C=O) groups is 1. The Labute approximate surface area is 102 Å². The van der Waals surface area contributed by atoms with Crippen molar-refractivity contribution in [2.75, 3.05) is 5.73 Å². The second-order valence-corrected chi connectivity index (χ2v) is 5.02. The van der Waals surface area contributed by atoms with Gasteiger partial charge in [0.05, 0.1) is 0 Å². The van der Waals surface area contributed by atoms with E-state index >= 15 is 0 Å². The highest BCUT2D eigenvalue weighted by Gasteiger charge is 2.36. The van der Waals surface area contributed by atoms with Gasteiger partial charge in [-0.25, -0.2) is 0 Å². The van der Waals surface area contributed by atoms with E-state index in [9.17, 15) is 4.79 Å². The molecule has 0 spiro atoms. The van der Waals surface area contributed by atoms with Crippen molar-refractivity contribution >= 4 is 11.6 Å². The van der Waals surface area contributed by atoms with Crippen LogP contribution in [0.3, 0.4) is 0 Å². The van der Waals surface area contributed by atoms with E-state index in [2.05, 4.69) is 12.2 Å². The summed E-state index contributed by atoms with van der Waals surface area (Å²) in [5.41, 5.74) is 8.11. The molecule has 0 aliphatic heterocycles. The van der Waals surface area contributed by atoms with Gasteiger partial charge in [0, 0.05) is 16.8 Å². The van der Waals surface area contributed by atoms with Crippen LogP contribution in [0.2, 0.25) is 0 Å². The molecule has 3 N–H and O–H groups in total. The standard InChI is InChI=1S/C14H20N2O/c1-3-14(7-4-8-14)16-13(17)12-6-5-11(15)9-10(12)2/h5-6,9H,3-4,7-8,15H2,1-2H3,(H,16,17). The molecule has 0 bridgehead atoms. The van der Waals surface area contributed by atoms with Crippen LogP contribution in [0.15, 0.2) is 18.2 Å². The largest absolute Gasteiger partial charge is 0.399 e. The number of carbonyl (C=O) groups excluding carboxylic acids is 1. The van der Waals surface area contributed by atoms with Gasteiger partial charge < -0.3 is 11.1 Å². The molecule has 0 atom stereocenters. The van der Waals surface area contributed by atoms with Gasteiger partial charge in [-0.15, -0.1) is 0 Å². The predicted octanol–water partition coefficient (Wildman–Crippen LogP) is 2.64. The Kier molecular flexibility index (Phi) is 3.09. The molecule has 0 radical (unpaired) electrons. The van der Waals surface area contributed by atoms with Gasteiger partial charge in [-0.1, -0.05) is 6.92 Å². The summed E-state index contributed by atoms with van der Waals surface area (Å²) >= 11 is 0. The molecule has 17 heavy (non-hydrogen) atoms. The molecule has 0 aromatic heterocycles. The minimum atomic E-state index is 0.0315. The number of hydrogen-bond acceptors (Lipinski definition) is 2. The van der Waals surface area contributed by atoms with Gasteiger partial charge in [0.15, 0.2) is 0 Å². The Morgan fingerprint density at radius 1 is 1.47 bits per heavy atom. The number of rotatable bonds is 3. The Hall–Kier alpha value is -1.51. The van der Waals surface area contributed by atoms with Crippen molar-refractivity contribution in [2.24, 2.45) is 0 Å². The molecule has 3 nitrogen and oxygen atoms in total. The lowest BCUT2D eigenvalue weighted by Crippen LogP contribution is -2.53. The third-order valence-electron chi connectivity index (χ3n) is 3.86. The van der Waals surface area contributed by atoms with Crippen LogP contribution in [0.5, 0.6) is 0 Å². The van der Waals surface area contributed by atoms with Crippen LogP contribution in [-0.4, -0.2) is 11.4 Å². The fourth-order valence-electron chi connectivity index (χ4n) is 2.42. The molecule has 1 aliphatic carbocycles. The van der Waals surface area contributed by atoms with Crippen molar-refractivity contribution in [2.45, 2.75) is 45.1 Å². The molecule has 2 rings (SSSR count). The SMILES string of the molecule is CCC1(NC(=O)c2ccc(N)cc2C)CCC1. The maximum absolute atomic E-state index is 12.2. The van der Waals surface area contributed by atoms with Crippen molar-refractivity contribution in [3.63, 3.8) is 0 Å². The zero-order valence-electron chi connectivity index (χ0n) is 10.5. The third-order valence-corrected chi connectivity index (χ3v) is 3.86. The lowest BCUT2D eigenvalue weighted by molar-refractivity contribution is 0.0820. The summed E-state index contributed by atoms with van der Waals surface area (Å²) in [5.74, 6) is 0.0315. The molecule has 1 aliphatic rings. The average Bonchev–Trinajstić information content (AvgIpc) is 2.23. The minimum absolute atomic E-state index is 0.0315. The van der Waals surface area contributed by atoms with Crippen molar-refractivity contribution in [3.05, 3.63) is 29.3 Å². The van der Waals surface area contributed by atoms with Gasteiger partial charge in [-0.3, -0.25) is 4.79 Å². The number of aryl methyl sites for hydroxylation is 1. The number of anilines is 1. The van der Waals surface area contributed by atoms with Gasteiger partial charge in [0.1, 0.15) is 0 Å². The summed E-state index contributed by atoms with van der Waals surface area (Å²) in [6.07, 6.45) is 4.42. The summed E-state index contributed by atoms with van der Waals surface area (Å²) in [4.78, 5) is 12.2. The summed E-state index contributed by atoms with van der Waals surface area (Å²) in [5, 5.41) is 3.18. The topological polar surface area (TPSA) is 55.1 Å². The zero-order chi connectivity index (χ0) is 12.5. The van der Waals surface area contributed by atoms with Crippen LogP contribution in [0, 0.1) is 6.92 Å². The molecular formula is C14H20N2O. The Morgan fingerprint density at radius 2 is 2.18 bits per heavy atom. The van der Waals surface area contributed by atoms with Crippen LogP contribution < -0.4 is 11.1 Å². The normalized spacial score (nSPS) is 17.3. The molecule has 3 heteroatoms. The van der Waals surface area contributed by atoms with Crippen LogP contribution in [-0.2, 0) is 0 Å². The summed E-state index contributed by atoms with van der Waals surface area (Å²) in [6, 6.07) is 5.43. The van der Waals surface area contributed by atoms with Crippen LogP contribution in [0.4, 0.5) is 5.69 Å². The zero-order valence-corrected chi connectivity index (χ0v) is 10.5. The molecule has 1 fully saturated rings. The molecule has 1 aromatic carbocycles. The highest BCUT2D eigenvalue weighted by atomic mass is 16.1. The number of hydrogen-bond donors (Lipinski definition) is 2. The lowest BCUT2D eigenvalue weighted by atomic mass is 9.74. The highest BCUT2D eigenvalue weighted by molar-refractivity contribution is 5.96. The van der Waals surface area contributed by atoms with Gasteiger partial charge >= 0.3 is 0 Å². The van der Waals surface area contributed by atoms with Crippen LogP contribution in [0.1, 0.15) is 48.5 Å². The van der Waals surface area contributed by atoms with E-state index in [0.29, 0.717) is 5.69 Å². The maximum atomic E-state index is 12.2. The van der Waals surface area contributed by atoms with Crippen LogP contribution in [0.25, 0.3) is 0 Å². The molecule has 1 amide bonds. The fraction of sp³-hybridized carbons (Fsp3) is 0.500. The monoisotopic (exact) mass is 232 g/mol. The van der Waals surface area contributed by atoms with E-state index in [1.54, 1.807) is 6.07 Å². The molecule has 0 heterocycles. The molecule has 1 aromatic rings. The van der Waals surface area contributed by atoms with E-state index < -0.39 is 0 Å². The molecule has 0 saturated heterocycles. The van der Waals surface area contributed by atoms with E-state index in [0.717, 1.165) is 30.4 Å². The van der Waals surface area contributed by atoms with Crippen LogP contribution >= 0.6 is 0 Å². The number of nitrogens with two attached hydrogens (primary N) is 1. The van der Waals surface area contributed by atoms with E-state index in [4.69, 9.17) is 5.73 Å². The minimum Gasteiger partial charge on any atom is -0.399 e. The second-order valence-electron chi connectivity index (χ2n) is 5.02. The molecule has 92 valence electrons. The summed E-state index contributed by atoms with van der Waals surface area (Å²) < 4.78 is 0. The lowest BCUT2D eigenvalue weighted by Gasteiger charge is -2.42. The van der Waals surface area contributed by atoms with E-state index in [1.807, 2.05) is 19.1 Å². The fourth-order valence-corrected chi connectivity index (χ4v) is 2.42. The molecule has 1 saturated carbocycles. The van der Waals surface area contributed by atoms with Crippen molar-refractivity contribution in [3.8, 4) is 0 Å². The highest BCUT2D eigenvalue weighted by Crippen LogP contribution is 2.35. The Morgan fingerprint density at radius 3 is 2.65 bits per heavy atom. The van der Waals surface area contributed by atoms with Crippen molar-refractivity contribution in [1.82, 2.24) is 5.32 Å². The molecule has 0 unspecified atom stereocenters. The third kappa shape index (κ3) is 2.28. The first-order valence-corrected chi connectivity index (χ1v) is 6.25. The predicted molar refractivity (Wildman–Crippen MR) is 69.9 cm³/mol. The average molecular weight is 232 g/mol. The summed E-state index contributed by atoms with van der Waals surface area (Å²) in [7, 11) is 0. The van der Waals surface area contributed by atoms with E-state index in [1.165, 1.54) is 6.42 Å². The number of nitrogen functional groups attached to an aromatic ring is 1. The first-order chi connectivity index (χ1) is 8.06. The number of benzene rings is 1. The van der Waals surface area contributed by atoms with Gasteiger partial charge in [0.2, 0.25) is 0 Å². The molecular weight excluding hydrogens is 212 g/mol.